The highest BCUT2D eigenvalue weighted by Crippen LogP contribution is 2.26. The van der Waals surface area contributed by atoms with Crippen LogP contribution < -0.4 is 0 Å². The van der Waals surface area contributed by atoms with Gasteiger partial charge in [0.1, 0.15) is 0 Å². The van der Waals surface area contributed by atoms with Crippen molar-refractivity contribution in [1.82, 2.24) is 9.21 Å². The fourth-order valence-corrected chi connectivity index (χ4v) is 7.71. The maximum absolute atomic E-state index is 13.5. The number of ether oxygens (including phenoxy) is 1. The van der Waals surface area contributed by atoms with E-state index in [2.05, 4.69) is 51.0 Å². The minimum atomic E-state index is 0.0484. The van der Waals surface area contributed by atoms with E-state index >= 15 is 0 Å². The van der Waals surface area contributed by atoms with Gasteiger partial charge in [0.25, 0.3) is 0 Å². The fraction of sp³-hybridized carbons (Fsp3) is 0.976. The third kappa shape index (κ3) is 31.0. The van der Waals surface area contributed by atoms with Gasteiger partial charge in [-0.1, -0.05) is 181 Å². The molecule has 0 bridgehead atoms. The Bertz CT molecular complexity index is 617. The van der Waals surface area contributed by atoms with Crippen LogP contribution in [0.4, 0.5) is 0 Å². The monoisotopic (exact) mass is 669 g/mol. The Balaban J connectivity index is 5.23. The summed E-state index contributed by atoms with van der Waals surface area (Å²) in [6, 6.07) is 0.289. The topological polar surface area (TPSA) is 32.8 Å². The molecule has 0 fully saturated rings. The first-order chi connectivity index (χ1) is 22.5. The molecule has 0 saturated heterocycles. The number of hydrogen-bond acceptors (Lipinski definition) is 5. The number of carbonyl (C=O) groups is 1. The molecule has 0 aromatic rings. The smallest absolute Gasteiger partial charge is 0.307 e. The lowest BCUT2D eigenvalue weighted by Gasteiger charge is -2.31. The van der Waals surface area contributed by atoms with E-state index in [-0.39, 0.29) is 12.0 Å². The zero-order chi connectivity index (χ0) is 33.9. The highest BCUT2D eigenvalue weighted by atomic mass is 32.2. The molecule has 0 aliphatic rings. The molecule has 0 radical (unpaired) electrons. The van der Waals surface area contributed by atoms with E-state index in [0.29, 0.717) is 18.9 Å². The van der Waals surface area contributed by atoms with Crippen LogP contribution in [-0.4, -0.2) is 60.8 Å². The van der Waals surface area contributed by atoms with E-state index in [4.69, 9.17) is 4.74 Å². The van der Waals surface area contributed by atoms with Crippen molar-refractivity contribution < 1.29 is 9.53 Å². The van der Waals surface area contributed by atoms with Crippen LogP contribution in [0.3, 0.4) is 0 Å². The third-order valence-electron chi connectivity index (χ3n) is 9.60. The highest BCUT2D eigenvalue weighted by Gasteiger charge is 2.23. The molecule has 0 heterocycles. The molecule has 0 spiro atoms. The molecule has 0 aliphatic heterocycles. The van der Waals surface area contributed by atoms with Crippen molar-refractivity contribution in [2.75, 3.05) is 39.5 Å². The Morgan fingerprint density at radius 2 is 0.978 bits per heavy atom. The van der Waals surface area contributed by atoms with E-state index < -0.39 is 0 Å². The first-order valence-corrected chi connectivity index (χ1v) is 21.6. The maximum atomic E-state index is 13.5. The van der Waals surface area contributed by atoms with Crippen molar-refractivity contribution in [2.45, 2.75) is 214 Å². The van der Waals surface area contributed by atoms with Gasteiger partial charge in [0, 0.05) is 18.3 Å². The van der Waals surface area contributed by atoms with E-state index in [1.165, 1.54) is 166 Å². The van der Waals surface area contributed by atoms with Crippen LogP contribution in [0.2, 0.25) is 0 Å². The lowest BCUT2D eigenvalue weighted by atomic mass is 9.95. The molecule has 0 saturated carbocycles. The van der Waals surface area contributed by atoms with Crippen LogP contribution in [0.1, 0.15) is 207 Å². The number of esters is 1. The molecule has 0 rings (SSSR count). The molecule has 0 aromatic heterocycles. The Morgan fingerprint density at radius 3 is 1.48 bits per heavy atom. The van der Waals surface area contributed by atoms with Crippen LogP contribution in [0.5, 0.6) is 0 Å². The quantitative estimate of drug-likeness (QED) is 0.0374. The second kappa shape index (κ2) is 36.0. The van der Waals surface area contributed by atoms with Gasteiger partial charge >= 0.3 is 5.97 Å². The molecule has 0 aromatic carbocycles. The standard InChI is InChI=1S/C41H84N2O2S/c1-7-11-15-19-22-24-28-33-40(43(35-30-34-42(5)6)46-36-29-25-21-17-13-9-3)37-41(44)45-38-39(31-26-18-14-10-4)32-27-23-20-16-12-8-2/h39-40H,7-38H2,1-6H3. The van der Waals surface area contributed by atoms with E-state index in [1.807, 2.05) is 11.9 Å². The number of carbonyl (C=O) groups excluding carboxylic acids is 1. The van der Waals surface area contributed by atoms with Gasteiger partial charge < -0.3 is 9.64 Å². The van der Waals surface area contributed by atoms with Gasteiger partial charge in [-0.25, -0.2) is 4.31 Å². The summed E-state index contributed by atoms with van der Waals surface area (Å²) in [6.07, 6.45) is 35.7. The molecule has 276 valence electrons. The molecule has 0 aliphatic carbocycles. The summed E-state index contributed by atoms with van der Waals surface area (Å²) in [7, 11) is 4.34. The number of unbranched alkanes of at least 4 members (excludes halogenated alkanes) is 19. The third-order valence-corrected chi connectivity index (χ3v) is 10.9. The van der Waals surface area contributed by atoms with Crippen LogP contribution in [0.15, 0.2) is 0 Å². The largest absolute Gasteiger partial charge is 0.465 e. The molecule has 4 nitrogen and oxygen atoms in total. The summed E-state index contributed by atoms with van der Waals surface area (Å²) in [5.41, 5.74) is 0. The Morgan fingerprint density at radius 1 is 0.543 bits per heavy atom. The van der Waals surface area contributed by atoms with Gasteiger partial charge in [-0.2, -0.15) is 0 Å². The predicted molar refractivity (Wildman–Crippen MR) is 208 cm³/mol. The minimum Gasteiger partial charge on any atom is -0.465 e. The summed E-state index contributed by atoms with van der Waals surface area (Å²) >= 11 is 2.03. The highest BCUT2D eigenvalue weighted by molar-refractivity contribution is 7.97. The second-order valence-corrected chi connectivity index (χ2v) is 15.8. The van der Waals surface area contributed by atoms with Crippen molar-refractivity contribution in [1.29, 1.82) is 0 Å². The number of rotatable bonds is 37. The molecule has 0 N–H and O–H groups in total. The average Bonchev–Trinajstić information content (AvgIpc) is 3.04. The SMILES string of the molecule is CCCCCCCCCC(CC(=O)OCC(CCCCCC)CCCCCCCC)N(CCCN(C)C)SCCCCCCCC. The van der Waals surface area contributed by atoms with Gasteiger partial charge in [0.2, 0.25) is 0 Å². The second-order valence-electron chi connectivity index (χ2n) is 14.6. The van der Waals surface area contributed by atoms with E-state index in [1.54, 1.807) is 0 Å². The zero-order valence-corrected chi connectivity index (χ0v) is 33.2. The summed E-state index contributed by atoms with van der Waals surface area (Å²) in [5.74, 6) is 1.76. The van der Waals surface area contributed by atoms with Crippen LogP contribution in [-0.2, 0) is 9.53 Å². The summed E-state index contributed by atoms with van der Waals surface area (Å²) in [6.45, 7) is 12.0. The Labute approximate surface area is 294 Å². The van der Waals surface area contributed by atoms with Crippen molar-refractivity contribution in [3.05, 3.63) is 0 Å². The molecule has 2 atom stereocenters. The summed E-state index contributed by atoms with van der Waals surface area (Å²) in [5, 5.41) is 0. The molecular weight excluding hydrogens is 585 g/mol. The molecule has 2 unspecified atom stereocenters. The van der Waals surface area contributed by atoms with Gasteiger partial charge in [0.05, 0.1) is 13.0 Å². The van der Waals surface area contributed by atoms with E-state index in [0.717, 1.165) is 25.9 Å². The normalized spacial score (nSPS) is 13.1. The molecule has 46 heavy (non-hydrogen) atoms. The lowest BCUT2D eigenvalue weighted by molar-refractivity contribution is -0.146. The Hall–Kier alpha value is -0.260. The fourth-order valence-electron chi connectivity index (χ4n) is 6.49. The lowest BCUT2D eigenvalue weighted by Crippen LogP contribution is -2.35. The summed E-state index contributed by atoms with van der Waals surface area (Å²) < 4.78 is 8.77. The zero-order valence-electron chi connectivity index (χ0n) is 32.4. The van der Waals surface area contributed by atoms with Crippen molar-refractivity contribution in [3.8, 4) is 0 Å². The van der Waals surface area contributed by atoms with Gasteiger partial charge in [-0.3, -0.25) is 4.79 Å². The number of hydrogen-bond donors (Lipinski definition) is 0. The first-order valence-electron chi connectivity index (χ1n) is 20.7. The minimum absolute atomic E-state index is 0.0484. The van der Waals surface area contributed by atoms with Crippen LogP contribution in [0, 0.1) is 5.92 Å². The van der Waals surface area contributed by atoms with Crippen LogP contribution in [0.25, 0.3) is 0 Å². The predicted octanol–water partition coefficient (Wildman–Crippen LogP) is 13.0. The van der Waals surface area contributed by atoms with Gasteiger partial charge in [-0.15, -0.1) is 0 Å². The Kier molecular flexibility index (Phi) is 35.8. The van der Waals surface area contributed by atoms with Crippen LogP contribution >= 0.6 is 11.9 Å². The molecule has 0 amide bonds. The van der Waals surface area contributed by atoms with Crippen molar-refractivity contribution in [2.24, 2.45) is 5.92 Å². The van der Waals surface area contributed by atoms with E-state index in [9.17, 15) is 4.79 Å². The molecular formula is C41H84N2O2S. The van der Waals surface area contributed by atoms with Gasteiger partial charge in [-0.05, 0) is 58.7 Å². The first kappa shape index (κ1) is 45.7. The average molecular weight is 669 g/mol. The number of nitrogens with zero attached hydrogens (tertiary/aromatic N) is 2. The van der Waals surface area contributed by atoms with Gasteiger partial charge in [0.15, 0.2) is 0 Å². The van der Waals surface area contributed by atoms with Crippen molar-refractivity contribution >= 4 is 17.9 Å². The summed E-state index contributed by atoms with van der Waals surface area (Å²) in [4.78, 5) is 15.8. The van der Waals surface area contributed by atoms with Crippen molar-refractivity contribution in [3.63, 3.8) is 0 Å². The maximum Gasteiger partial charge on any atom is 0.307 e. The molecule has 5 heteroatoms.